The summed E-state index contributed by atoms with van der Waals surface area (Å²) in [7, 11) is -5.55. The van der Waals surface area contributed by atoms with Gasteiger partial charge in [0.15, 0.2) is 0 Å². The van der Waals surface area contributed by atoms with Crippen LogP contribution in [-0.2, 0) is 19.5 Å². The summed E-state index contributed by atoms with van der Waals surface area (Å²) in [5.74, 6) is 1.39. The molecule has 4 aromatic rings. The second kappa shape index (κ2) is 23.7. The van der Waals surface area contributed by atoms with Crippen molar-refractivity contribution in [3.8, 4) is 0 Å². The predicted molar refractivity (Wildman–Crippen MR) is 208 cm³/mol. The smallest absolute Gasteiger partial charge is 1.00 e. The van der Waals surface area contributed by atoms with Crippen LogP contribution in [0.2, 0.25) is 0 Å². The molecule has 0 amide bonds. The van der Waals surface area contributed by atoms with Gasteiger partial charge < -0.3 is 19.6 Å². The first kappa shape index (κ1) is 44.4. The molecule has 1 saturated carbocycles. The molecule has 0 nitrogen and oxygen atoms in total. The summed E-state index contributed by atoms with van der Waals surface area (Å²) in [4.78, 5) is 0. The molecule has 4 aromatic carbocycles. The van der Waals surface area contributed by atoms with Crippen LogP contribution in [0.4, 0.5) is 12.9 Å². The zero-order valence-electron chi connectivity index (χ0n) is 28.3. The van der Waals surface area contributed by atoms with Gasteiger partial charge in [0.25, 0.3) is 0 Å². The fraction of sp³-hybridized carbons (Fsp3) is 0.220. The molecule has 0 radical (unpaired) electrons. The van der Waals surface area contributed by atoms with Crippen LogP contribution >= 0.6 is 15.8 Å². The fourth-order valence-electron chi connectivity index (χ4n) is 7.04. The number of hydrogen-bond donors (Lipinski definition) is 0. The molecule has 1 fully saturated rings. The topological polar surface area (TPSA) is 0 Å². The van der Waals surface area contributed by atoms with Crippen LogP contribution in [0.15, 0.2) is 158 Å². The number of benzene rings is 4. The van der Waals surface area contributed by atoms with Gasteiger partial charge in [-0.1, -0.05) is 109 Å². The molecule has 0 heterocycles. The van der Waals surface area contributed by atoms with E-state index in [2.05, 4.69) is 158 Å². The van der Waals surface area contributed by atoms with Gasteiger partial charge in [0.1, 0.15) is 11.3 Å². The van der Waals surface area contributed by atoms with Crippen LogP contribution in [0.3, 0.4) is 0 Å². The zero-order chi connectivity index (χ0) is 31.3. The second-order valence-electron chi connectivity index (χ2n) is 11.6. The Bertz CT molecular complexity index is 1300. The normalized spacial score (nSPS) is 20.9. The number of fused-ring (bicyclic) bond motifs is 2. The summed E-state index contributed by atoms with van der Waals surface area (Å²) in [5.41, 5.74) is 1.42. The Labute approximate surface area is 308 Å². The largest absolute Gasteiger partial charge is 3.00 e. The molecule has 2 bridgehead atoms. The van der Waals surface area contributed by atoms with Crippen molar-refractivity contribution in [3.05, 3.63) is 173 Å². The Kier molecular flexibility index (Phi) is 21.5. The Morgan fingerprint density at radius 3 is 0.898 bits per heavy atom. The first-order valence-corrected chi connectivity index (χ1v) is 19.1. The van der Waals surface area contributed by atoms with Crippen LogP contribution in [-0.4, -0.2) is 18.9 Å². The van der Waals surface area contributed by atoms with Crippen molar-refractivity contribution in [2.24, 2.45) is 11.8 Å². The van der Waals surface area contributed by atoms with E-state index in [1.807, 2.05) is 0 Å². The van der Waals surface area contributed by atoms with Gasteiger partial charge in [-0.25, -0.2) is 0 Å². The Hall–Kier alpha value is -2.63. The molecule has 3 aliphatic carbocycles. The number of halogens is 4. The van der Waals surface area contributed by atoms with E-state index in [4.69, 9.17) is 0 Å². The maximum absolute atomic E-state index is 9.67. The SMILES string of the molecule is C1=CC2CC1[C@@H]([PH+](c1ccccc1)c1ccccc1)[C@@H]2[PH+](c1ccccc1)c1ccccc1.C1=C\CC/C=C\CC/1.FB(F)F.[CH3-].[CH3-].[F-].[Rh+3]. The average molecular weight is 792 g/mol. The van der Waals surface area contributed by atoms with Gasteiger partial charge >= 0.3 is 27.0 Å². The van der Waals surface area contributed by atoms with Crippen LogP contribution in [0, 0.1) is 26.7 Å². The third-order valence-corrected chi connectivity index (χ3v) is 15.9. The summed E-state index contributed by atoms with van der Waals surface area (Å²) in [6.07, 6.45) is 20.5. The van der Waals surface area contributed by atoms with Gasteiger partial charge in [-0.05, 0) is 80.6 Å². The van der Waals surface area contributed by atoms with E-state index >= 15 is 0 Å². The maximum Gasteiger partial charge on any atom is 3.00 e. The molecule has 7 rings (SSSR count). The fourth-order valence-corrected chi connectivity index (χ4v) is 15.0. The predicted octanol–water partition coefficient (Wildman–Crippen LogP) is 7.11. The first-order valence-electron chi connectivity index (χ1n) is 16.0. The second-order valence-corrected chi connectivity index (χ2v) is 16.9. The van der Waals surface area contributed by atoms with E-state index in [0.717, 1.165) is 0 Å². The monoisotopic (exact) mass is 792 g/mol. The van der Waals surface area contributed by atoms with Gasteiger partial charge in [-0.3, -0.25) is 12.9 Å². The number of rotatable bonds is 6. The molecular formula is C41H48BF4P2Rh+2. The van der Waals surface area contributed by atoms with E-state index in [1.165, 1.54) is 32.1 Å². The van der Waals surface area contributed by atoms with Crippen molar-refractivity contribution in [1.29, 1.82) is 0 Å². The summed E-state index contributed by atoms with van der Waals surface area (Å²) >= 11 is 0. The van der Waals surface area contributed by atoms with Crippen molar-refractivity contribution in [1.82, 2.24) is 0 Å². The molecule has 0 spiro atoms. The van der Waals surface area contributed by atoms with Crippen LogP contribution in [0.1, 0.15) is 32.1 Å². The first-order chi connectivity index (χ1) is 22.1. The molecule has 260 valence electrons. The standard InChI is InChI=1S/C31H28P2.C8H12.2CH3.BF3.FH.Rh/c1-5-13-26(14-6-1)32(27-15-7-2-8-16-27)30-24-21-22-25(23-24)31(30)33(28-17-9-3-10-18-28)29-19-11-4-12-20-29;1-2-4-6-8-7-5-3-1;;;2-1(3)4;;/h1-22,24-25,30-31H,23H2;1-2,7-8H,3-6H2;2*1H3;;1H;/q;;2*-1;;;+3/p+1/b;2-1-,8-7-;;;;;/t24?,25?,30-,31-;;;;;;/m1....../s1. The Morgan fingerprint density at radius 2 is 0.673 bits per heavy atom. The van der Waals surface area contributed by atoms with E-state index < -0.39 is 23.4 Å². The van der Waals surface area contributed by atoms with Crippen molar-refractivity contribution in [2.45, 2.75) is 43.4 Å². The summed E-state index contributed by atoms with van der Waals surface area (Å²) in [6.45, 7) is 0. The number of allylic oxidation sites excluding steroid dienone is 6. The van der Waals surface area contributed by atoms with Gasteiger partial charge in [-0.15, -0.1) is 0 Å². The van der Waals surface area contributed by atoms with Gasteiger partial charge in [0.05, 0.1) is 37.1 Å². The van der Waals surface area contributed by atoms with Crippen LogP contribution in [0.5, 0.6) is 0 Å². The zero-order valence-corrected chi connectivity index (χ0v) is 31.9. The average Bonchev–Trinajstić information content (AvgIpc) is 3.66. The van der Waals surface area contributed by atoms with Crippen molar-refractivity contribution >= 4 is 44.6 Å². The molecule has 49 heavy (non-hydrogen) atoms. The molecule has 3 aliphatic rings. The van der Waals surface area contributed by atoms with Gasteiger partial charge in [0.2, 0.25) is 0 Å². The molecule has 0 aromatic heterocycles. The Morgan fingerprint density at radius 1 is 0.449 bits per heavy atom. The van der Waals surface area contributed by atoms with Gasteiger partial charge in [-0.2, -0.15) is 0 Å². The van der Waals surface area contributed by atoms with Crippen molar-refractivity contribution < 1.29 is 37.1 Å². The molecule has 0 aliphatic heterocycles. The molecule has 0 N–H and O–H groups in total. The Balaban J connectivity index is 0.000000646. The van der Waals surface area contributed by atoms with Crippen LogP contribution < -0.4 is 25.9 Å². The quantitative estimate of drug-likeness (QED) is 0.0643. The van der Waals surface area contributed by atoms with Gasteiger partial charge in [0, 0.05) is 11.8 Å². The van der Waals surface area contributed by atoms with Crippen molar-refractivity contribution in [3.63, 3.8) is 0 Å². The molecule has 0 saturated heterocycles. The molecule has 2 unspecified atom stereocenters. The van der Waals surface area contributed by atoms with E-state index in [-0.39, 0.29) is 39.0 Å². The molecule has 8 heteroatoms. The van der Waals surface area contributed by atoms with E-state index in [9.17, 15) is 12.9 Å². The third-order valence-electron chi connectivity index (χ3n) is 8.80. The minimum absolute atomic E-state index is 0. The third kappa shape index (κ3) is 12.6. The summed E-state index contributed by atoms with van der Waals surface area (Å²) in [6, 6.07) is 45.7. The molecule has 4 atom stereocenters. The van der Waals surface area contributed by atoms with Crippen molar-refractivity contribution in [2.75, 3.05) is 0 Å². The summed E-state index contributed by atoms with van der Waals surface area (Å²) in [5, 5.41) is 6.25. The minimum Gasteiger partial charge on any atom is -1.00 e. The maximum atomic E-state index is 9.67. The molecular weight excluding hydrogens is 744 g/mol. The number of hydrogen-bond acceptors (Lipinski definition) is 0. The van der Waals surface area contributed by atoms with E-state index in [1.54, 1.807) is 21.2 Å². The minimum atomic E-state index is -3.67. The summed E-state index contributed by atoms with van der Waals surface area (Å²) < 4.78 is 29.0. The van der Waals surface area contributed by atoms with Crippen LogP contribution in [0.25, 0.3) is 0 Å². The van der Waals surface area contributed by atoms with E-state index in [0.29, 0.717) is 23.2 Å².